The molecule has 1 aromatic carbocycles. The molecule has 0 bridgehead atoms. The molecule has 1 aliphatic heterocycles. The molecule has 116 valence electrons. The number of carbonyl (C=O) groups excluding carboxylic acids is 1. The largest absolute Gasteiger partial charge is 0.488 e. The molecule has 1 aromatic rings. The van der Waals surface area contributed by atoms with Crippen molar-refractivity contribution < 1.29 is 19.2 Å². The number of hydrogen-bond donors (Lipinski definition) is 1. The van der Waals surface area contributed by atoms with Crippen molar-refractivity contribution in [2.45, 2.75) is 26.7 Å². The molecule has 0 spiro atoms. The van der Waals surface area contributed by atoms with E-state index in [0.717, 1.165) is 44.8 Å². The number of rotatable bonds is 6. The molecule has 4 nitrogen and oxygen atoms in total. The summed E-state index contributed by atoms with van der Waals surface area (Å²) in [6, 6.07) is 8.14. The predicted octanol–water partition coefficient (Wildman–Crippen LogP) is 1.23. The van der Waals surface area contributed by atoms with Crippen molar-refractivity contribution >= 4 is 5.97 Å². The first-order valence-corrected chi connectivity index (χ1v) is 7.88. The van der Waals surface area contributed by atoms with Crippen LogP contribution in [0.3, 0.4) is 0 Å². The molecule has 0 aromatic heterocycles. The molecule has 0 unspecified atom stereocenters. The van der Waals surface area contributed by atoms with Gasteiger partial charge in [0.25, 0.3) is 0 Å². The summed E-state index contributed by atoms with van der Waals surface area (Å²) in [5.41, 5.74) is 1.22. The van der Waals surface area contributed by atoms with Crippen LogP contribution in [0, 0.1) is 12.8 Å². The number of nitrogens with one attached hydrogen (secondary N) is 1. The van der Waals surface area contributed by atoms with Crippen LogP contribution in [0.1, 0.15) is 25.3 Å². The Morgan fingerprint density at radius 3 is 2.76 bits per heavy atom. The maximum absolute atomic E-state index is 11.7. The van der Waals surface area contributed by atoms with Gasteiger partial charge in [-0.3, -0.25) is 4.79 Å². The number of piperidine rings is 1. The fourth-order valence-electron chi connectivity index (χ4n) is 2.79. The van der Waals surface area contributed by atoms with Crippen LogP contribution in [-0.4, -0.2) is 38.8 Å². The van der Waals surface area contributed by atoms with Gasteiger partial charge in [-0.15, -0.1) is 0 Å². The molecule has 1 saturated heterocycles. The van der Waals surface area contributed by atoms with Gasteiger partial charge in [0.05, 0.1) is 25.6 Å². The Bertz CT molecular complexity index is 453. The van der Waals surface area contributed by atoms with Gasteiger partial charge in [-0.25, -0.2) is 0 Å². The highest BCUT2D eigenvalue weighted by molar-refractivity contribution is 5.72. The first-order chi connectivity index (χ1) is 10.2. The molecule has 0 aliphatic carbocycles. The Hall–Kier alpha value is -1.55. The Kier molecular flexibility index (Phi) is 6.05. The van der Waals surface area contributed by atoms with Crippen molar-refractivity contribution in [1.82, 2.24) is 0 Å². The number of likely N-dealkylation sites (tertiary alicyclic amines) is 1. The fraction of sp³-hybridized carbons (Fsp3) is 0.588. The van der Waals surface area contributed by atoms with Crippen LogP contribution in [0.15, 0.2) is 24.3 Å². The van der Waals surface area contributed by atoms with E-state index in [-0.39, 0.29) is 11.9 Å². The zero-order valence-electron chi connectivity index (χ0n) is 13.1. The molecule has 0 saturated carbocycles. The summed E-state index contributed by atoms with van der Waals surface area (Å²) in [4.78, 5) is 13.2. The van der Waals surface area contributed by atoms with E-state index < -0.39 is 0 Å². The quantitative estimate of drug-likeness (QED) is 0.802. The lowest BCUT2D eigenvalue weighted by molar-refractivity contribution is -0.905. The summed E-state index contributed by atoms with van der Waals surface area (Å²) in [5, 5.41) is 0. The summed E-state index contributed by atoms with van der Waals surface area (Å²) in [6.07, 6.45) is 1.86. The normalized spacial score (nSPS) is 21.8. The number of ether oxygens (including phenoxy) is 2. The maximum Gasteiger partial charge on any atom is 0.309 e. The highest BCUT2D eigenvalue weighted by Crippen LogP contribution is 2.13. The molecule has 1 fully saturated rings. The third-order valence-corrected chi connectivity index (χ3v) is 4.03. The average molecular weight is 292 g/mol. The minimum Gasteiger partial charge on any atom is -0.488 e. The molecule has 0 radical (unpaired) electrons. The number of benzene rings is 1. The van der Waals surface area contributed by atoms with Crippen LogP contribution < -0.4 is 9.64 Å². The van der Waals surface area contributed by atoms with Crippen molar-refractivity contribution in [3.63, 3.8) is 0 Å². The van der Waals surface area contributed by atoms with E-state index in [0.29, 0.717) is 6.61 Å². The minimum atomic E-state index is -0.0208. The number of esters is 1. The second kappa shape index (κ2) is 8.03. The van der Waals surface area contributed by atoms with E-state index in [2.05, 4.69) is 19.1 Å². The molecule has 21 heavy (non-hydrogen) atoms. The van der Waals surface area contributed by atoms with Gasteiger partial charge >= 0.3 is 5.97 Å². The zero-order valence-corrected chi connectivity index (χ0v) is 13.1. The molecule has 1 aliphatic rings. The third kappa shape index (κ3) is 5.05. The fourth-order valence-corrected chi connectivity index (χ4v) is 2.79. The van der Waals surface area contributed by atoms with Crippen molar-refractivity contribution in [2.24, 2.45) is 5.92 Å². The second-order valence-corrected chi connectivity index (χ2v) is 5.69. The monoisotopic (exact) mass is 292 g/mol. The van der Waals surface area contributed by atoms with Crippen LogP contribution in [0.25, 0.3) is 0 Å². The van der Waals surface area contributed by atoms with E-state index in [9.17, 15) is 4.79 Å². The van der Waals surface area contributed by atoms with E-state index >= 15 is 0 Å². The Balaban J connectivity index is 1.66. The number of carbonyl (C=O) groups is 1. The lowest BCUT2D eigenvalue weighted by Crippen LogP contribution is -3.13. The SMILES string of the molecule is CCOC(=O)C1CC[NH+](CCOc2cccc(C)c2)CC1. The molecule has 0 amide bonds. The van der Waals surface area contributed by atoms with E-state index in [1.165, 1.54) is 10.5 Å². The highest BCUT2D eigenvalue weighted by atomic mass is 16.5. The first kappa shape index (κ1) is 15.8. The molecular weight excluding hydrogens is 266 g/mol. The van der Waals surface area contributed by atoms with Gasteiger partial charge in [0.2, 0.25) is 0 Å². The summed E-state index contributed by atoms with van der Waals surface area (Å²) in [6.45, 7) is 8.18. The van der Waals surface area contributed by atoms with Gasteiger partial charge in [-0.05, 0) is 31.5 Å². The van der Waals surface area contributed by atoms with E-state index in [1.807, 2.05) is 19.1 Å². The number of quaternary nitrogens is 1. The maximum atomic E-state index is 11.7. The van der Waals surface area contributed by atoms with Gasteiger partial charge in [-0.1, -0.05) is 12.1 Å². The van der Waals surface area contributed by atoms with Gasteiger partial charge < -0.3 is 14.4 Å². The minimum absolute atomic E-state index is 0.0208. The summed E-state index contributed by atoms with van der Waals surface area (Å²) in [7, 11) is 0. The highest BCUT2D eigenvalue weighted by Gasteiger charge is 2.28. The van der Waals surface area contributed by atoms with Gasteiger partial charge in [0, 0.05) is 12.8 Å². The van der Waals surface area contributed by atoms with Crippen LogP contribution in [0.4, 0.5) is 0 Å². The Labute approximate surface area is 127 Å². The summed E-state index contributed by atoms with van der Waals surface area (Å²) in [5.74, 6) is 1.02. The van der Waals surface area contributed by atoms with Crippen molar-refractivity contribution in [1.29, 1.82) is 0 Å². The molecule has 2 rings (SSSR count). The van der Waals surface area contributed by atoms with Gasteiger partial charge in [0.15, 0.2) is 0 Å². The van der Waals surface area contributed by atoms with Crippen LogP contribution >= 0.6 is 0 Å². The van der Waals surface area contributed by atoms with Crippen molar-refractivity contribution in [3.8, 4) is 5.75 Å². The number of hydrogen-bond acceptors (Lipinski definition) is 3. The van der Waals surface area contributed by atoms with Crippen LogP contribution in [0.5, 0.6) is 5.75 Å². The molecule has 0 atom stereocenters. The summed E-state index contributed by atoms with van der Waals surface area (Å²) < 4.78 is 10.9. The van der Waals surface area contributed by atoms with Gasteiger partial charge in [-0.2, -0.15) is 0 Å². The lowest BCUT2D eigenvalue weighted by atomic mass is 9.97. The molecule has 1 heterocycles. The van der Waals surface area contributed by atoms with Crippen molar-refractivity contribution in [2.75, 3.05) is 32.8 Å². The van der Waals surface area contributed by atoms with E-state index in [1.54, 1.807) is 0 Å². The number of aryl methyl sites for hydroxylation is 1. The Morgan fingerprint density at radius 1 is 1.33 bits per heavy atom. The summed E-state index contributed by atoms with van der Waals surface area (Å²) >= 11 is 0. The topological polar surface area (TPSA) is 40.0 Å². The van der Waals surface area contributed by atoms with E-state index in [4.69, 9.17) is 9.47 Å². The van der Waals surface area contributed by atoms with Crippen molar-refractivity contribution in [3.05, 3.63) is 29.8 Å². The Morgan fingerprint density at radius 2 is 2.10 bits per heavy atom. The average Bonchev–Trinajstić information content (AvgIpc) is 2.48. The van der Waals surface area contributed by atoms with Crippen LogP contribution in [0.2, 0.25) is 0 Å². The molecule has 4 heteroatoms. The molecular formula is C17H26NO3+. The molecule has 1 N–H and O–H groups in total. The zero-order chi connectivity index (χ0) is 15.1. The predicted molar refractivity (Wildman–Crippen MR) is 81.6 cm³/mol. The van der Waals surface area contributed by atoms with Gasteiger partial charge in [0.1, 0.15) is 18.9 Å². The lowest BCUT2D eigenvalue weighted by Gasteiger charge is -2.28. The standard InChI is InChI=1S/C17H25NO3/c1-3-20-17(19)15-7-9-18(10-8-15)11-12-21-16-6-4-5-14(2)13-16/h4-6,13,15H,3,7-12H2,1-2H3/p+1. The smallest absolute Gasteiger partial charge is 0.309 e. The third-order valence-electron chi connectivity index (χ3n) is 4.03. The van der Waals surface area contributed by atoms with Crippen LogP contribution in [-0.2, 0) is 9.53 Å². The second-order valence-electron chi connectivity index (χ2n) is 5.69. The first-order valence-electron chi connectivity index (χ1n) is 7.88.